The summed E-state index contributed by atoms with van der Waals surface area (Å²) in [6.45, 7) is 0. The van der Waals surface area contributed by atoms with Crippen molar-refractivity contribution in [2.45, 2.75) is 0 Å². The minimum Gasteiger partial charge on any atom is -0.507 e. The molecule has 2 amide bonds. The van der Waals surface area contributed by atoms with Crippen LogP contribution in [0.3, 0.4) is 0 Å². The number of nitrogens with one attached hydrogen (secondary N) is 1. The molecule has 0 spiro atoms. The molecule has 0 heterocycles. The fourth-order valence-corrected chi connectivity index (χ4v) is 2.01. The molecule has 0 aliphatic rings. The molecule has 0 aliphatic heterocycles. The Kier molecular flexibility index (Phi) is 4.90. The zero-order chi connectivity index (χ0) is 15.2. The van der Waals surface area contributed by atoms with E-state index in [1.54, 1.807) is 48.5 Å². The van der Waals surface area contributed by atoms with Crippen LogP contribution in [0.15, 0.2) is 59.1 Å². The molecule has 0 saturated carbocycles. The molecule has 21 heavy (non-hydrogen) atoms. The number of phenolic OH excluding ortho intramolecular Hbond substituents is 1. The summed E-state index contributed by atoms with van der Waals surface area (Å²) in [6, 6.07) is 13.3. The number of hydrogen-bond donors (Lipinski definition) is 2. The van der Waals surface area contributed by atoms with Crippen LogP contribution in [0.25, 0.3) is 6.08 Å². The Balaban J connectivity index is 1.99. The molecule has 0 saturated heterocycles. The van der Waals surface area contributed by atoms with Crippen LogP contribution in [-0.4, -0.2) is 16.9 Å². The Bertz CT molecular complexity index is 696. The van der Waals surface area contributed by atoms with Gasteiger partial charge in [-0.2, -0.15) is 0 Å². The first-order chi connectivity index (χ1) is 10.1. The van der Waals surface area contributed by atoms with E-state index in [2.05, 4.69) is 21.2 Å². The summed E-state index contributed by atoms with van der Waals surface area (Å²) < 4.78 is 0.533. The van der Waals surface area contributed by atoms with Crippen LogP contribution in [0.5, 0.6) is 5.75 Å². The molecule has 0 aliphatic carbocycles. The summed E-state index contributed by atoms with van der Waals surface area (Å²) in [5, 5.41) is 11.6. The average molecular weight is 346 g/mol. The molecule has 0 aromatic heterocycles. The second kappa shape index (κ2) is 6.85. The number of halogens is 1. The molecule has 2 aromatic carbocycles. The van der Waals surface area contributed by atoms with E-state index in [-0.39, 0.29) is 5.75 Å². The maximum atomic E-state index is 11.8. The van der Waals surface area contributed by atoms with Gasteiger partial charge in [-0.05, 0) is 51.8 Å². The van der Waals surface area contributed by atoms with Crippen LogP contribution in [0, 0.1) is 0 Å². The molecule has 106 valence electrons. The van der Waals surface area contributed by atoms with Gasteiger partial charge in [0.2, 0.25) is 0 Å². The molecule has 0 unspecified atom stereocenters. The Morgan fingerprint density at radius 2 is 1.81 bits per heavy atom. The zero-order valence-corrected chi connectivity index (χ0v) is 12.5. The predicted octanol–water partition coefficient (Wildman–Crippen LogP) is 3.12. The fourth-order valence-electron chi connectivity index (χ4n) is 1.61. The number of phenols is 1. The van der Waals surface area contributed by atoms with Gasteiger partial charge in [0.15, 0.2) is 0 Å². The molecule has 2 rings (SSSR count). The van der Waals surface area contributed by atoms with Crippen LogP contribution in [-0.2, 0) is 4.79 Å². The monoisotopic (exact) mass is 345 g/mol. The smallest absolute Gasteiger partial charge is 0.258 e. The van der Waals surface area contributed by atoms with Gasteiger partial charge in [0.05, 0.1) is 4.47 Å². The van der Waals surface area contributed by atoms with E-state index in [1.165, 1.54) is 12.1 Å². The number of carbonyl (C=O) groups is 2. The summed E-state index contributed by atoms with van der Waals surface area (Å²) in [5.41, 5.74) is 1.15. The Labute approximate surface area is 130 Å². The van der Waals surface area contributed by atoms with Crippen molar-refractivity contribution in [1.82, 2.24) is 5.32 Å². The normalized spacial score (nSPS) is 10.5. The lowest BCUT2D eigenvalue weighted by atomic mass is 10.2. The molecular weight excluding hydrogens is 334 g/mol. The number of rotatable bonds is 3. The van der Waals surface area contributed by atoms with Crippen LogP contribution in [0.4, 0.5) is 0 Å². The highest BCUT2D eigenvalue weighted by molar-refractivity contribution is 9.10. The SMILES string of the molecule is O=C(/C=C/c1ccc(O)c(Br)c1)NC(=O)c1ccccc1. The minimum absolute atomic E-state index is 0.121. The van der Waals surface area contributed by atoms with Gasteiger partial charge >= 0.3 is 0 Å². The Morgan fingerprint density at radius 1 is 1.10 bits per heavy atom. The second-order valence-electron chi connectivity index (χ2n) is 4.23. The highest BCUT2D eigenvalue weighted by Gasteiger charge is 2.07. The van der Waals surface area contributed by atoms with E-state index in [1.807, 2.05) is 0 Å². The number of hydrogen-bond acceptors (Lipinski definition) is 3. The van der Waals surface area contributed by atoms with Crippen molar-refractivity contribution in [2.75, 3.05) is 0 Å². The van der Waals surface area contributed by atoms with Gasteiger partial charge in [-0.25, -0.2) is 0 Å². The van der Waals surface area contributed by atoms with Gasteiger partial charge in [0.25, 0.3) is 11.8 Å². The van der Waals surface area contributed by atoms with Crippen LogP contribution in [0.1, 0.15) is 15.9 Å². The molecule has 4 nitrogen and oxygen atoms in total. The zero-order valence-electron chi connectivity index (χ0n) is 10.9. The molecule has 0 fully saturated rings. The Morgan fingerprint density at radius 3 is 2.48 bits per heavy atom. The van der Waals surface area contributed by atoms with Gasteiger partial charge in [-0.15, -0.1) is 0 Å². The summed E-state index contributed by atoms with van der Waals surface area (Å²) in [4.78, 5) is 23.4. The highest BCUT2D eigenvalue weighted by Crippen LogP contribution is 2.24. The van der Waals surface area contributed by atoms with Crippen LogP contribution < -0.4 is 5.32 Å². The first kappa shape index (κ1) is 15.0. The topological polar surface area (TPSA) is 66.4 Å². The van der Waals surface area contributed by atoms with E-state index in [0.29, 0.717) is 10.0 Å². The maximum Gasteiger partial charge on any atom is 0.258 e. The van der Waals surface area contributed by atoms with Gasteiger partial charge in [-0.3, -0.25) is 14.9 Å². The summed E-state index contributed by atoms with van der Waals surface area (Å²) in [6.07, 6.45) is 2.82. The third-order valence-corrected chi connectivity index (χ3v) is 3.31. The average Bonchev–Trinajstić information content (AvgIpc) is 2.49. The van der Waals surface area contributed by atoms with Crippen molar-refractivity contribution < 1.29 is 14.7 Å². The van der Waals surface area contributed by atoms with E-state index >= 15 is 0 Å². The molecule has 5 heteroatoms. The number of benzene rings is 2. The van der Waals surface area contributed by atoms with E-state index in [0.717, 1.165) is 5.56 Å². The van der Waals surface area contributed by atoms with Crippen LogP contribution >= 0.6 is 15.9 Å². The lowest BCUT2D eigenvalue weighted by molar-refractivity contribution is -0.115. The fraction of sp³-hybridized carbons (Fsp3) is 0. The van der Waals surface area contributed by atoms with Crippen molar-refractivity contribution in [1.29, 1.82) is 0 Å². The van der Waals surface area contributed by atoms with Crippen molar-refractivity contribution in [3.63, 3.8) is 0 Å². The quantitative estimate of drug-likeness (QED) is 0.840. The third kappa shape index (κ3) is 4.29. The van der Waals surface area contributed by atoms with Gasteiger partial charge in [-0.1, -0.05) is 24.3 Å². The number of aromatic hydroxyl groups is 1. The lowest BCUT2D eigenvalue weighted by Gasteiger charge is -2.01. The number of amides is 2. The van der Waals surface area contributed by atoms with Gasteiger partial charge in [0.1, 0.15) is 5.75 Å². The van der Waals surface area contributed by atoms with Crippen molar-refractivity contribution >= 4 is 33.8 Å². The summed E-state index contributed by atoms with van der Waals surface area (Å²) in [7, 11) is 0. The lowest BCUT2D eigenvalue weighted by Crippen LogP contribution is -2.28. The molecular formula is C16H12BrNO3. The Hall–Kier alpha value is -2.40. The molecule has 2 N–H and O–H groups in total. The first-order valence-electron chi connectivity index (χ1n) is 6.13. The molecule has 0 radical (unpaired) electrons. The predicted molar refractivity (Wildman–Crippen MR) is 83.8 cm³/mol. The standard InChI is InChI=1S/C16H12BrNO3/c17-13-10-11(6-8-14(13)19)7-9-15(20)18-16(21)12-4-2-1-3-5-12/h1-10,19H,(H,18,20,21)/b9-7+. The van der Waals surface area contributed by atoms with Crippen LogP contribution in [0.2, 0.25) is 0 Å². The van der Waals surface area contributed by atoms with Crippen molar-refractivity contribution in [2.24, 2.45) is 0 Å². The third-order valence-electron chi connectivity index (χ3n) is 2.67. The minimum atomic E-state index is -0.506. The summed E-state index contributed by atoms with van der Waals surface area (Å²) >= 11 is 3.19. The van der Waals surface area contributed by atoms with Crippen molar-refractivity contribution in [3.8, 4) is 5.75 Å². The van der Waals surface area contributed by atoms with Crippen molar-refractivity contribution in [3.05, 3.63) is 70.2 Å². The van der Waals surface area contributed by atoms with E-state index in [9.17, 15) is 14.7 Å². The first-order valence-corrected chi connectivity index (χ1v) is 6.92. The molecule has 2 aromatic rings. The number of imide groups is 1. The highest BCUT2D eigenvalue weighted by atomic mass is 79.9. The summed E-state index contributed by atoms with van der Waals surface area (Å²) in [5.74, 6) is -0.832. The molecule has 0 bridgehead atoms. The number of carbonyl (C=O) groups excluding carboxylic acids is 2. The van der Waals surface area contributed by atoms with E-state index in [4.69, 9.17) is 0 Å². The molecule has 0 atom stereocenters. The largest absolute Gasteiger partial charge is 0.507 e. The second-order valence-corrected chi connectivity index (χ2v) is 5.08. The maximum absolute atomic E-state index is 11.8. The van der Waals surface area contributed by atoms with Gasteiger partial charge < -0.3 is 5.11 Å². The van der Waals surface area contributed by atoms with Gasteiger partial charge in [0, 0.05) is 11.6 Å². The van der Waals surface area contributed by atoms with E-state index < -0.39 is 11.8 Å².